The topological polar surface area (TPSA) is 95.9 Å². The van der Waals surface area contributed by atoms with Crippen LogP contribution in [0, 0.1) is 11.6 Å². The molecule has 0 spiro atoms. The smallest absolute Gasteiger partial charge is 0.326 e. The van der Waals surface area contributed by atoms with E-state index in [9.17, 15) is 28.3 Å². The van der Waals surface area contributed by atoms with Crippen molar-refractivity contribution in [3.8, 4) is 5.75 Å². The van der Waals surface area contributed by atoms with Crippen LogP contribution in [-0.2, 0) is 27.4 Å². The maximum atomic E-state index is 13.7. The summed E-state index contributed by atoms with van der Waals surface area (Å²) in [6.07, 6.45) is 0.0171. The van der Waals surface area contributed by atoms with Crippen molar-refractivity contribution in [1.29, 1.82) is 0 Å². The van der Waals surface area contributed by atoms with E-state index in [0.717, 1.165) is 12.1 Å². The molecule has 0 bridgehead atoms. The predicted octanol–water partition coefficient (Wildman–Crippen LogP) is 2.58. The Kier molecular flexibility index (Phi) is 7.68. The molecule has 1 heterocycles. The van der Waals surface area contributed by atoms with Gasteiger partial charge in [-0.3, -0.25) is 9.59 Å². The molecule has 1 aliphatic heterocycles. The first kappa shape index (κ1) is 23.5. The van der Waals surface area contributed by atoms with E-state index in [-0.39, 0.29) is 24.5 Å². The van der Waals surface area contributed by atoms with Gasteiger partial charge in [-0.25, -0.2) is 13.6 Å². The van der Waals surface area contributed by atoms with Crippen molar-refractivity contribution >= 4 is 29.5 Å². The number of benzene rings is 2. The third-order valence-electron chi connectivity index (χ3n) is 5.01. The summed E-state index contributed by atoms with van der Waals surface area (Å²) in [6.45, 7) is 1.07. The van der Waals surface area contributed by atoms with E-state index >= 15 is 0 Å². The number of carboxylic acid groups (broad SMARTS) is 1. The first-order valence-corrected chi connectivity index (χ1v) is 10.9. The largest absolute Gasteiger partial charge is 0.489 e. The molecule has 2 amide bonds. The Hall–Kier alpha value is -3.14. The molecule has 1 aliphatic rings. The molecule has 10 heteroatoms. The van der Waals surface area contributed by atoms with Crippen LogP contribution < -0.4 is 10.1 Å². The molecule has 2 aromatic rings. The Bertz CT molecular complexity index is 982. The quantitative estimate of drug-likeness (QED) is 0.624. The monoisotopic (exact) mass is 464 g/mol. The Labute approximate surface area is 187 Å². The van der Waals surface area contributed by atoms with Crippen LogP contribution in [0.3, 0.4) is 0 Å². The summed E-state index contributed by atoms with van der Waals surface area (Å²) >= 11 is 1.43. The Morgan fingerprint density at radius 2 is 1.84 bits per heavy atom. The van der Waals surface area contributed by atoms with Gasteiger partial charge >= 0.3 is 5.97 Å². The van der Waals surface area contributed by atoms with Crippen molar-refractivity contribution in [2.45, 2.75) is 32.0 Å². The molecule has 7 nitrogen and oxygen atoms in total. The number of aliphatic carboxylic acids is 1. The van der Waals surface area contributed by atoms with Crippen LogP contribution in [-0.4, -0.2) is 51.5 Å². The highest BCUT2D eigenvalue weighted by Crippen LogP contribution is 2.22. The highest BCUT2D eigenvalue weighted by atomic mass is 32.2. The highest BCUT2D eigenvalue weighted by Gasteiger charge is 2.35. The minimum absolute atomic E-state index is 0.0171. The van der Waals surface area contributed by atoms with Gasteiger partial charge in [0, 0.05) is 19.1 Å². The fourth-order valence-corrected chi connectivity index (χ4v) is 4.44. The average molecular weight is 464 g/mol. The number of hydrogen-bond acceptors (Lipinski definition) is 5. The lowest BCUT2D eigenvalue weighted by molar-refractivity contribution is -0.143. The molecule has 0 aliphatic carbocycles. The van der Waals surface area contributed by atoms with E-state index in [4.69, 9.17) is 4.74 Å². The number of nitrogens with one attached hydrogen (secondary N) is 1. The van der Waals surface area contributed by atoms with Gasteiger partial charge in [0.05, 0.1) is 11.4 Å². The summed E-state index contributed by atoms with van der Waals surface area (Å²) < 4.78 is 32.8. The van der Waals surface area contributed by atoms with Crippen LogP contribution in [0.1, 0.15) is 18.1 Å². The van der Waals surface area contributed by atoms with Crippen molar-refractivity contribution in [1.82, 2.24) is 10.2 Å². The van der Waals surface area contributed by atoms with E-state index in [1.165, 1.54) is 29.7 Å². The molecule has 1 fully saturated rings. The molecule has 2 aromatic carbocycles. The molecule has 0 unspecified atom stereocenters. The Morgan fingerprint density at radius 1 is 1.19 bits per heavy atom. The van der Waals surface area contributed by atoms with Gasteiger partial charge in [-0.2, -0.15) is 0 Å². The van der Waals surface area contributed by atoms with Crippen LogP contribution in [0.5, 0.6) is 5.75 Å². The summed E-state index contributed by atoms with van der Waals surface area (Å²) in [5, 5.41) is 12.0. The van der Waals surface area contributed by atoms with Gasteiger partial charge in [-0.05, 0) is 29.8 Å². The number of halogens is 2. The van der Waals surface area contributed by atoms with Crippen LogP contribution >= 0.6 is 11.8 Å². The molecule has 0 aromatic heterocycles. The fraction of sp³-hybridized carbons (Fsp3) is 0.318. The highest BCUT2D eigenvalue weighted by molar-refractivity contribution is 7.99. The molecule has 32 heavy (non-hydrogen) atoms. The number of hydrogen-bond donors (Lipinski definition) is 2. The molecule has 0 saturated carbocycles. The van der Waals surface area contributed by atoms with Crippen molar-refractivity contribution < 1.29 is 33.0 Å². The van der Waals surface area contributed by atoms with Crippen molar-refractivity contribution in [2.24, 2.45) is 0 Å². The molecule has 2 N–H and O–H groups in total. The van der Waals surface area contributed by atoms with Crippen molar-refractivity contribution in [3.05, 3.63) is 65.2 Å². The number of carbonyl (C=O) groups excluding carboxylic acids is 2. The standard InChI is InChI=1S/C22H22F2N2O5S/c1-13(27)26-12-32-11-20(26)21(28)25-19(22(29)30)9-14-5-7-15(8-6-14)31-10-16-17(23)3-2-4-18(16)24/h2-8,19-20H,9-12H2,1H3,(H,25,28)(H,29,30)/t19-,20+/m0/s1. The van der Waals surface area contributed by atoms with Gasteiger partial charge in [-0.15, -0.1) is 11.8 Å². The predicted molar refractivity (Wildman–Crippen MR) is 114 cm³/mol. The molecule has 1 saturated heterocycles. The Morgan fingerprint density at radius 3 is 2.44 bits per heavy atom. The minimum Gasteiger partial charge on any atom is -0.489 e. The number of carboxylic acids is 1. The second kappa shape index (κ2) is 10.4. The first-order chi connectivity index (χ1) is 15.3. The fourth-order valence-electron chi connectivity index (χ4n) is 3.22. The average Bonchev–Trinajstić information content (AvgIpc) is 3.24. The van der Waals surface area contributed by atoms with Crippen molar-refractivity contribution in [2.75, 3.05) is 11.6 Å². The third kappa shape index (κ3) is 5.76. The maximum absolute atomic E-state index is 13.7. The summed E-state index contributed by atoms with van der Waals surface area (Å²) in [5.74, 6) is -2.20. The summed E-state index contributed by atoms with van der Waals surface area (Å²) in [4.78, 5) is 37.2. The number of carbonyl (C=O) groups is 3. The van der Waals surface area contributed by atoms with Gasteiger partial charge in [-0.1, -0.05) is 18.2 Å². The van der Waals surface area contributed by atoms with Gasteiger partial charge in [0.15, 0.2) is 0 Å². The zero-order valence-corrected chi connectivity index (χ0v) is 18.0. The molecule has 2 atom stereocenters. The number of amides is 2. The third-order valence-corrected chi connectivity index (χ3v) is 6.02. The van der Waals surface area contributed by atoms with Gasteiger partial charge in [0.1, 0.15) is 36.1 Å². The lowest BCUT2D eigenvalue weighted by atomic mass is 10.1. The number of ether oxygens (including phenoxy) is 1. The number of nitrogens with zero attached hydrogens (tertiary/aromatic N) is 1. The second-order valence-electron chi connectivity index (χ2n) is 7.24. The van der Waals surface area contributed by atoms with Gasteiger partial charge < -0.3 is 20.1 Å². The summed E-state index contributed by atoms with van der Waals surface area (Å²) in [5.41, 5.74) is 0.432. The van der Waals surface area contributed by atoms with E-state index in [0.29, 0.717) is 22.9 Å². The molecular weight excluding hydrogens is 442 g/mol. The SMILES string of the molecule is CC(=O)N1CSC[C@@H]1C(=O)N[C@@H](Cc1ccc(OCc2c(F)cccc2F)cc1)C(=O)O. The van der Waals surface area contributed by atoms with E-state index in [1.54, 1.807) is 24.3 Å². The Balaban J connectivity index is 1.60. The second-order valence-corrected chi connectivity index (χ2v) is 8.24. The van der Waals surface area contributed by atoms with Gasteiger partial charge in [0.2, 0.25) is 11.8 Å². The van der Waals surface area contributed by atoms with E-state index in [2.05, 4.69) is 5.32 Å². The van der Waals surface area contributed by atoms with Crippen LogP contribution in [0.2, 0.25) is 0 Å². The molecule has 170 valence electrons. The van der Waals surface area contributed by atoms with E-state index < -0.39 is 35.6 Å². The van der Waals surface area contributed by atoms with Gasteiger partial charge in [0.25, 0.3) is 0 Å². The number of rotatable bonds is 8. The van der Waals surface area contributed by atoms with Crippen LogP contribution in [0.25, 0.3) is 0 Å². The lowest BCUT2D eigenvalue weighted by Crippen LogP contribution is -2.52. The number of thioether (sulfide) groups is 1. The normalized spacial score (nSPS) is 16.5. The molecule has 0 radical (unpaired) electrons. The maximum Gasteiger partial charge on any atom is 0.326 e. The van der Waals surface area contributed by atoms with Crippen molar-refractivity contribution in [3.63, 3.8) is 0 Å². The summed E-state index contributed by atoms with van der Waals surface area (Å²) in [7, 11) is 0. The van der Waals surface area contributed by atoms with E-state index in [1.807, 2.05) is 0 Å². The zero-order chi connectivity index (χ0) is 23.3. The summed E-state index contributed by atoms with van der Waals surface area (Å²) in [6, 6.07) is 8.01. The van der Waals surface area contributed by atoms with Crippen LogP contribution in [0.15, 0.2) is 42.5 Å². The zero-order valence-electron chi connectivity index (χ0n) is 17.2. The molecular formula is C22H22F2N2O5S. The first-order valence-electron chi connectivity index (χ1n) is 9.79. The lowest BCUT2D eigenvalue weighted by Gasteiger charge is -2.23. The minimum atomic E-state index is -1.20. The van der Waals surface area contributed by atoms with Crippen LogP contribution in [0.4, 0.5) is 8.78 Å². The molecule has 3 rings (SSSR count).